The van der Waals surface area contributed by atoms with Gasteiger partial charge >= 0.3 is 0 Å². The van der Waals surface area contributed by atoms with E-state index in [1.807, 2.05) is 6.20 Å². The van der Waals surface area contributed by atoms with Gasteiger partial charge in [0.1, 0.15) is 11.9 Å². The maximum Gasteiger partial charge on any atom is 0.129 e. The quantitative estimate of drug-likeness (QED) is 0.569. The van der Waals surface area contributed by atoms with Crippen LogP contribution in [0.25, 0.3) is 0 Å². The number of benzene rings is 1. The van der Waals surface area contributed by atoms with Gasteiger partial charge in [-0.1, -0.05) is 30.7 Å². The van der Waals surface area contributed by atoms with Crippen molar-refractivity contribution in [1.29, 1.82) is 0 Å². The number of rotatable bonds is 4. The van der Waals surface area contributed by atoms with Crippen LogP contribution in [0.15, 0.2) is 36.7 Å². The lowest BCUT2D eigenvalue weighted by Gasteiger charge is -2.29. The van der Waals surface area contributed by atoms with E-state index in [2.05, 4.69) is 39.7 Å². The summed E-state index contributed by atoms with van der Waals surface area (Å²) in [5, 5.41) is 0. The molecule has 1 aromatic carbocycles. The smallest absolute Gasteiger partial charge is 0.129 e. The van der Waals surface area contributed by atoms with Gasteiger partial charge in [0.2, 0.25) is 0 Å². The zero-order chi connectivity index (χ0) is 12.4. The molecule has 0 spiro atoms. The largest absolute Gasteiger partial charge is 0.347 e. The normalized spacial score (nSPS) is 17.4. The van der Waals surface area contributed by atoms with Gasteiger partial charge in [-0.15, -0.1) is 0 Å². The van der Waals surface area contributed by atoms with Crippen molar-refractivity contribution in [2.75, 3.05) is 0 Å². The fourth-order valence-electron chi connectivity index (χ4n) is 2.62. The number of nitrogens with two attached hydrogens (primary N) is 1. The number of imidazole rings is 1. The number of nitrogens with zero attached hydrogens (tertiary/aromatic N) is 1. The fourth-order valence-corrected chi connectivity index (χ4v) is 2.62. The van der Waals surface area contributed by atoms with Crippen molar-refractivity contribution < 1.29 is 0 Å². The molecule has 1 fully saturated rings. The molecule has 4 nitrogen and oxygen atoms in total. The van der Waals surface area contributed by atoms with E-state index >= 15 is 0 Å². The van der Waals surface area contributed by atoms with Crippen molar-refractivity contribution in [3.8, 4) is 0 Å². The maximum absolute atomic E-state index is 5.71. The van der Waals surface area contributed by atoms with E-state index < -0.39 is 0 Å². The van der Waals surface area contributed by atoms with Crippen LogP contribution >= 0.6 is 0 Å². The lowest BCUT2D eigenvalue weighted by molar-refractivity contribution is 0.413. The highest BCUT2D eigenvalue weighted by Gasteiger charge is 2.25. The molecule has 1 unspecified atom stereocenters. The van der Waals surface area contributed by atoms with Crippen molar-refractivity contribution in [3.05, 3.63) is 53.6 Å². The maximum atomic E-state index is 5.71. The molecular formula is C14H18N4. The Morgan fingerprint density at radius 1 is 1.33 bits per heavy atom. The summed E-state index contributed by atoms with van der Waals surface area (Å²) in [5.41, 5.74) is 5.51. The number of hydrogen-bond donors (Lipinski definition) is 3. The molecule has 4 N–H and O–H groups in total. The molecule has 1 aliphatic carbocycles. The van der Waals surface area contributed by atoms with Gasteiger partial charge in [0.15, 0.2) is 0 Å². The summed E-state index contributed by atoms with van der Waals surface area (Å²) in [6.07, 6.45) is 7.48. The minimum Gasteiger partial charge on any atom is -0.347 e. The van der Waals surface area contributed by atoms with Crippen LogP contribution in [-0.2, 0) is 0 Å². The molecule has 1 aliphatic rings. The zero-order valence-electron chi connectivity index (χ0n) is 10.3. The third-order valence-corrected chi connectivity index (χ3v) is 3.81. The van der Waals surface area contributed by atoms with E-state index in [4.69, 9.17) is 5.84 Å². The summed E-state index contributed by atoms with van der Waals surface area (Å²) in [5.74, 6) is 7.27. The highest BCUT2D eigenvalue weighted by atomic mass is 15.2. The molecule has 1 aromatic heterocycles. The first-order chi connectivity index (χ1) is 8.90. The highest BCUT2D eigenvalue weighted by molar-refractivity contribution is 5.36. The Kier molecular flexibility index (Phi) is 3.13. The van der Waals surface area contributed by atoms with Crippen LogP contribution in [0, 0.1) is 0 Å². The van der Waals surface area contributed by atoms with Gasteiger partial charge in [0.25, 0.3) is 0 Å². The number of aromatic amines is 1. The lowest BCUT2D eigenvalue weighted by atomic mass is 9.77. The molecule has 1 saturated carbocycles. The Labute approximate surface area is 107 Å². The fraction of sp³-hybridized carbons (Fsp3) is 0.357. The zero-order valence-corrected chi connectivity index (χ0v) is 10.3. The number of hydrogen-bond acceptors (Lipinski definition) is 3. The van der Waals surface area contributed by atoms with Gasteiger partial charge in [0.05, 0.1) is 0 Å². The lowest BCUT2D eigenvalue weighted by Crippen LogP contribution is -2.31. The second kappa shape index (κ2) is 4.92. The van der Waals surface area contributed by atoms with Gasteiger partial charge in [-0.2, -0.15) is 0 Å². The first kappa shape index (κ1) is 11.4. The molecule has 1 heterocycles. The molecule has 0 radical (unpaired) electrons. The summed E-state index contributed by atoms with van der Waals surface area (Å²) >= 11 is 0. The Morgan fingerprint density at radius 3 is 2.78 bits per heavy atom. The van der Waals surface area contributed by atoms with Gasteiger partial charge in [0, 0.05) is 12.4 Å². The average Bonchev–Trinajstić information content (AvgIpc) is 2.84. The second-order valence-electron chi connectivity index (χ2n) is 4.83. The topological polar surface area (TPSA) is 66.7 Å². The minimum absolute atomic E-state index is 0.0585. The Hall–Kier alpha value is -1.65. The third kappa shape index (κ3) is 1.94. The van der Waals surface area contributed by atoms with Crippen LogP contribution in [0.2, 0.25) is 0 Å². The van der Waals surface area contributed by atoms with Crippen molar-refractivity contribution in [1.82, 2.24) is 15.4 Å². The molecule has 0 saturated heterocycles. The van der Waals surface area contributed by atoms with Crippen molar-refractivity contribution >= 4 is 0 Å². The van der Waals surface area contributed by atoms with Crippen LogP contribution in [0.5, 0.6) is 0 Å². The Bertz CT molecular complexity index is 502. The molecule has 3 rings (SSSR count). The van der Waals surface area contributed by atoms with Gasteiger partial charge in [-0.3, -0.25) is 5.84 Å². The van der Waals surface area contributed by atoms with Crippen LogP contribution in [-0.4, -0.2) is 9.97 Å². The first-order valence-electron chi connectivity index (χ1n) is 6.44. The molecule has 4 heteroatoms. The summed E-state index contributed by atoms with van der Waals surface area (Å²) in [6.45, 7) is 0. The molecule has 18 heavy (non-hydrogen) atoms. The van der Waals surface area contributed by atoms with Crippen LogP contribution in [0.4, 0.5) is 0 Å². The molecule has 2 aromatic rings. The molecule has 0 amide bonds. The SMILES string of the molecule is NNC(c1ncc[nH]1)c1ccccc1C1CCC1. The minimum atomic E-state index is -0.0585. The highest BCUT2D eigenvalue weighted by Crippen LogP contribution is 2.39. The molecule has 0 bridgehead atoms. The third-order valence-electron chi connectivity index (χ3n) is 3.81. The predicted molar refractivity (Wildman–Crippen MR) is 70.8 cm³/mol. The number of hydrazine groups is 1. The standard InChI is InChI=1S/C14H18N4/c15-18-13(14-16-8-9-17-14)12-7-2-1-6-11(12)10-4-3-5-10/h1-2,6-10,13,18H,3-5,15H2,(H,16,17). The van der Waals surface area contributed by atoms with Crippen LogP contribution in [0.3, 0.4) is 0 Å². The predicted octanol–water partition coefficient (Wildman–Crippen LogP) is 2.23. The summed E-state index contributed by atoms with van der Waals surface area (Å²) in [6, 6.07) is 8.46. The van der Waals surface area contributed by atoms with Crippen molar-refractivity contribution in [2.45, 2.75) is 31.2 Å². The first-order valence-corrected chi connectivity index (χ1v) is 6.44. The van der Waals surface area contributed by atoms with E-state index in [0.29, 0.717) is 5.92 Å². The monoisotopic (exact) mass is 242 g/mol. The average molecular weight is 242 g/mol. The Morgan fingerprint density at radius 2 is 2.17 bits per heavy atom. The molecule has 94 valence electrons. The van der Waals surface area contributed by atoms with E-state index in [1.54, 1.807) is 6.20 Å². The van der Waals surface area contributed by atoms with E-state index in [9.17, 15) is 0 Å². The number of aromatic nitrogens is 2. The Balaban J connectivity index is 1.99. The number of nitrogens with one attached hydrogen (secondary N) is 2. The molecule has 0 aliphatic heterocycles. The second-order valence-corrected chi connectivity index (χ2v) is 4.83. The summed E-state index contributed by atoms with van der Waals surface area (Å²) in [4.78, 5) is 7.45. The van der Waals surface area contributed by atoms with Gasteiger partial charge in [-0.05, 0) is 29.9 Å². The van der Waals surface area contributed by atoms with Crippen LogP contribution < -0.4 is 11.3 Å². The summed E-state index contributed by atoms with van der Waals surface area (Å²) < 4.78 is 0. The van der Waals surface area contributed by atoms with Crippen molar-refractivity contribution in [2.24, 2.45) is 5.84 Å². The van der Waals surface area contributed by atoms with Crippen LogP contribution in [0.1, 0.15) is 48.2 Å². The molecule has 1 atom stereocenters. The van der Waals surface area contributed by atoms with E-state index in [-0.39, 0.29) is 6.04 Å². The van der Waals surface area contributed by atoms with E-state index in [0.717, 1.165) is 5.82 Å². The van der Waals surface area contributed by atoms with E-state index in [1.165, 1.54) is 30.4 Å². The van der Waals surface area contributed by atoms with Gasteiger partial charge in [-0.25, -0.2) is 10.4 Å². The van der Waals surface area contributed by atoms with Gasteiger partial charge < -0.3 is 4.98 Å². The summed E-state index contributed by atoms with van der Waals surface area (Å²) in [7, 11) is 0. The van der Waals surface area contributed by atoms with Crippen molar-refractivity contribution in [3.63, 3.8) is 0 Å². The molecular weight excluding hydrogens is 224 g/mol. The number of H-pyrrole nitrogens is 1.